The Kier molecular flexibility index (Phi) is 42.1. The second-order valence-electron chi connectivity index (χ2n) is 27.3. The van der Waals surface area contributed by atoms with Gasteiger partial charge in [0.15, 0.2) is 5.60 Å². The molecule has 0 aliphatic carbocycles. The molecular formula is C87H120F3NO13S2. The van der Waals surface area contributed by atoms with Crippen LogP contribution in [0.4, 0.5) is 13.2 Å². The van der Waals surface area contributed by atoms with E-state index in [1.165, 1.54) is 41.0 Å². The number of carboxylic acids is 2. The first kappa shape index (κ1) is 95.7. The van der Waals surface area contributed by atoms with Crippen LogP contribution in [0.5, 0.6) is 17.2 Å². The number of hydrogen-bond acceptors (Lipinski definition) is 10. The summed E-state index contributed by atoms with van der Waals surface area (Å²) in [6.45, 7) is 38.2. The molecular weight excluding hydrogens is 1390 g/mol. The van der Waals surface area contributed by atoms with Crippen molar-refractivity contribution < 1.29 is 74.8 Å². The summed E-state index contributed by atoms with van der Waals surface area (Å²) in [5.41, 5.74) is 8.60. The molecule has 14 nitrogen and oxygen atoms in total. The lowest BCUT2D eigenvalue weighted by atomic mass is 9.91. The van der Waals surface area contributed by atoms with Gasteiger partial charge in [-0.1, -0.05) is 232 Å². The minimum Gasteiger partial charge on any atom is -0.508 e. The molecule has 0 amide bonds. The number of phenolic OH excluding ortho intramolecular Hbond substituents is 3. The van der Waals surface area contributed by atoms with E-state index in [1.54, 1.807) is 72.8 Å². The number of para-hydroxylation sites is 1. The number of nitrogens with two attached hydrogens (primary N) is 1. The van der Waals surface area contributed by atoms with Gasteiger partial charge in [0, 0.05) is 0 Å². The van der Waals surface area contributed by atoms with Crippen molar-refractivity contribution in [2.75, 3.05) is 0 Å². The van der Waals surface area contributed by atoms with Gasteiger partial charge < -0.3 is 30.6 Å². The van der Waals surface area contributed by atoms with Crippen LogP contribution < -0.4 is 5.14 Å². The van der Waals surface area contributed by atoms with Gasteiger partial charge in [-0.05, 0) is 241 Å². The van der Waals surface area contributed by atoms with Gasteiger partial charge in [-0.25, -0.2) is 23.1 Å². The number of sulfonamides is 1. The second kappa shape index (κ2) is 46.7. The number of aromatic hydroxyl groups is 3. The molecule has 9 unspecified atom stereocenters. The number of alkyl halides is 3. The van der Waals surface area contributed by atoms with Gasteiger partial charge in [0.1, 0.15) is 17.2 Å². The normalized spacial score (nSPS) is 13.8. The van der Waals surface area contributed by atoms with Crippen molar-refractivity contribution in [2.24, 2.45) is 5.14 Å². The van der Waals surface area contributed by atoms with Gasteiger partial charge in [0.05, 0.1) is 20.9 Å². The molecule has 0 aromatic heterocycles. The maximum absolute atomic E-state index is 12.6. The van der Waals surface area contributed by atoms with Crippen LogP contribution in [0.2, 0.25) is 0 Å². The smallest absolute Gasteiger partial charge is 0.421 e. The molecule has 9 atom stereocenters. The largest absolute Gasteiger partial charge is 0.508 e. The molecule has 9 N–H and O–H groups in total. The van der Waals surface area contributed by atoms with Crippen molar-refractivity contribution in [1.29, 1.82) is 0 Å². The molecule has 584 valence electrons. The summed E-state index contributed by atoms with van der Waals surface area (Å²) in [4.78, 5) is 22.0. The van der Waals surface area contributed by atoms with Crippen molar-refractivity contribution in [3.05, 3.63) is 254 Å². The van der Waals surface area contributed by atoms with E-state index < -0.39 is 43.9 Å². The number of halogens is 3. The van der Waals surface area contributed by atoms with E-state index in [0.717, 1.165) is 97.2 Å². The molecule has 0 spiro atoms. The zero-order valence-electron chi connectivity index (χ0n) is 65.7. The summed E-state index contributed by atoms with van der Waals surface area (Å²) in [7, 11) is -7.60. The van der Waals surface area contributed by atoms with E-state index in [0.29, 0.717) is 75.7 Å². The number of carbonyl (C=O) groups is 2. The molecule has 0 saturated heterocycles. The maximum Gasteiger partial charge on any atom is 0.421 e. The number of phenols is 3. The predicted molar refractivity (Wildman–Crippen MR) is 426 cm³/mol. The minimum atomic E-state index is -4.66. The third-order valence-electron chi connectivity index (χ3n) is 19.4. The third-order valence-corrected chi connectivity index (χ3v) is 21.2. The summed E-state index contributed by atoms with van der Waals surface area (Å²) in [6.07, 6.45) is 3.67. The first-order chi connectivity index (χ1) is 49.5. The fourth-order valence-electron chi connectivity index (χ4n) is 10.4. The highest BCUT2D eigenvalue weighted by atomic mass is 32.2. The van der Waals surface area contributed by atoms with Gasteiger partial charge in [-0.3, -0.25) is 4.55 Å². The lowest BCUT2D eigenvalue weighted by Crippen LogP contribution is -2.39. The van der Waals surface area contributed by atoms with E-state index in [2.05, 4.69) is 90.0 Å². The number of hydrogen-bond donors (Lipinski definition) is 8. The summed E-state index contributed by atoms with van der Waals surface area (Å²) >= 11 is 0. The van der Waals surface area contributed by atoms with Crippen LogP contribution in [0.3, 0.4) is 0 Å². The molecule has 0 radical (unpaired) electrons. The molecule has 0 bridgehead atoms. The SMILES string of the molecule is CCC(C)c1cc(C)c(C(=O)O)c(C)c1.CCC(C)c1ccc(C(C)(O)C(F)(F)F)cc1.CCC(C)c1ccc(O)cc1.CCC(C)c1ccc(S(=O)(=O)O)cc1.CCC(C)c1ccc(S(N)(=O)=O)cc1.CCC(C)c1cccc(O)c1.CCC(C)c1ccccc1C(=O)O.CCC(C)c1ccccc1O. The van der Waals surface area contributed by atoms with Crippen molar-refractivity contribution in [3.63, 3.8) is 0 Å². The lowest BCUT2D eigenvalue weighted by molar-refractivity contribution is -0.258. The molecule has 0 aliphatic heterocycles. The molecule has 0 fully saturated rings. The zero-order valence-corrected chi connectivity index (χ0v) is 67.3. The Labute approximate surface area is 631 Å². The van der Waals surface area contributed by atoms with Crippen molar-refractivity contribution in [3.8, 4) is 17.2 Å². The first-order valence-electron chi connectivity index (χ1n) is 36.6. The van der Waals surface area contributed by atoms with Crippen molar-refractivity contribution in [2.45, 2.75) is 252 Å². The van der Waals surface area contributed by atoms with Crippen LogP contribution in [-0.4, -0.2) is 70.1 Å². The Morgan fingerprint density at radius 3 is 1.09 bits per heavy atom. The fraction of sp³-hybridized carbons (Fsp3) is 0.425. The molecule has 0 heterocycles. The maximum atomic E-state index is 12.6. The molecule has 8 aromatic carbocycles. The molecule has 0 aliphatic rings. The van der Waals surface area contributed by atoms with Crippen LogP contribution in [0.1, 0.15) is 298 Å². The number of benzene rings is 8. The Bertz CT molecular complexity index is 4000. The highest BCUT2D eigenvalue weighted by molar-refractivity contribution is 7.89. The standard InChI is InChI=1S/C13H17F3O.C13H18O2.C11H14O2.C10H15NO2S.C10H14O3S.3C10H14O/c1-4-9(2)10-5-7-11(8-6-10)12(3,17)13(14,15)16;1-5-8(2)11-6-9(3)12(13(14)15)10(4)7-11;1-3-8(2)9-6-4-5-7-10(9)11(12)13;2*1-3-8(2)9-4-6-10(7-5-9)14(11,12)13;1-3-8(2)9-4-6-10(11)7-5-9;1-3-8(2)9-5-4-6-10(11)7-9;1-3-8(2)9-6-4-5-7-10(9)11/h5-9,17H,4H2,1-3H3;6-8H,5H2,1-4H3,(H,14,15);4-8H,3H2,1-2H3,(H,12,13);4-8H,3H2,1-2H3,(H2,11,12,13);4-8H,3H2,1-2H3,(H,11,12,13);3*4-8,11H,3H2,1-2H3. The van der Waals surface area contributed by atoms with E-state index in [9.17, 15) is 49.8 Å². The topological polar surface area (TPSA) is 270 Å². The van der Waals surface area contributed by atoms with Gasteiger partial charge in [-0.2, -0.15) is 21.6 Å². The van der Waals surface area contributed by atoms with Crippen LogP contribution >= 0.6 is 0 Å². The highest BCUT2D eigenvalue weighted by Gasteiger charge is 2.51. The Hall–Kier alpha value is -8.33. The Morgan fingerprint density at radius 2 is 0.745 bits per heavy atom. The number of aliphatic hydroxyl groups is 1. The van der Waals surface area contributed by atoms with Crippen LogP contribution in [0.25, 0.3) is 0 Å². The molecule has 106 heavy (non-hydrogen) atoms. The number of rotatable bonds is 21. The third kappa shape index (κ3) is 32.4. The predicted octanol–water partition coefficient (Wildman–Crippen LogP) is 23.4. The van der Waals surface area contributed by atoms with Crippen molar-refractivity contribution >= 4 is 32.1 Å². The molecule has 0 saturated carbocycles. The summed E-state index contributed by atoms with van der Waals surface area (Å²) in [6, 6.07) is 52.6. The number of aromatic carboxylic acids is 2. The van der Waals surface area contributed by atoms with Gasteiger partial charge in [0.2, 0.25) is 10.0 Å². The quantitative estimate of drug-likeness (QED) is 0.0311. The average molecular weight is 1510 g/mol. The van der Waals surface area contributed by atoms with Crippen LogP contribution in [-0.2, 0) is 25.7 Å². The molecule has 8 aromatic rings. The molecule has 19 heteroatoms. The minimum absolute atomic E-state index is 0.0513. The average Bonchev–Trinajstić information content (AvgIpc) is 0.801. The summed E-state index contributed by atoms with van der Waals surface area (Å²) in [5, 5.41) is 60.0. The lowest BCUT2D eigenvalue weighted by Gasteiger charge is -2.27. The summed E-state index contributed by atoms with van der Waals surface area (Å²) in [5.74, 6) is 3.01. The van der Waals surface area contributed by atoms with Gasteiger partial charge in [0.25, 0.3) is 10.1 Å². The fourth-order valence-corrected chi connectivity index (χ4v) is 11.4. The van der Waals surface area contributed by atoms with E-state index >= 15 is 0 Å². The van der Waals surface area contributed by atoms with Gasteiger partial charge in [-0.15, -0.1) is 0 Å². The van der Waals surface area contributed by atoms with Gasteiger partial charge >= 0.3 is 18.1 Å². The van der Waals surface area contributed by atoms with E-state index in [-0.39, 0.29) is 15.4 Å². The zero-order chi connectivity index (χ0) is 81.0. The monoisotopic (exact) mass is 1510 g/mol. The first-order valence-corrected chi connectivity index (χ1v) is 39.6. The highest BCUT2D eigenvalue weighted by Crippen LogP contribution is 2.39. The second-order valence-corrected chi connectivity index (χ2v) is 30.3. The van der Waals surface area contributed by atoms with Crippen LogP contribution in [0.15, 0.2) is 192 Å². The Balaban J connectivity index is 0.000000608. The number of aryl methyl sites for hydroxylation is 2. The van der Waals surface area contributed by atoms with Crippen molar-refractivity contribution in [1.82, 2.24) is 0 Å². The van der Waals surface area contributed by atoms with Crippen LogP contribution in [0, 0.1) is 13.8 Å². The molecule has 8 rings (SSSR count). The Morgan fingerprint density at radius 1 is 0.406 bits per heavy atom. The number of carboxylic acid groups (broad SMARTS) is 2. The number of primary sulfonamides is 1. The van der Waals surface area contributed by atoms with E-state index in [1.807, 2.05) is 120 Å². The van der Waals surface area contributed by atoms with E-state index in [4.69, 9.17) is 30.1 Å². The summed E-state index contributed by atoms with van der Waals surface area (Å²) < 4.78 is 89.9.